The molecule has 2 N–H and O–H groups in total. The van der Waals surface area contributed by atoms with E-state index in [4.69, 9.17) is 4.52 Å². The van der Waals surface area contributed by atoms with Crippen molar-refractivity contribution in [3.63, 3.8) is 0 Å². The van der Waals surface area contributed by atoms with Crippen LogP contribution in [0.5, 0.6) is 0 Å². The van der Waals surface area contributed by atoms with Crippen molar-refractivity contribution < 1.29 is 14.4 Å². The lowest BCUT2D eigenvalue weighted by Gasteiger charge is -2.15. The van der Waals surface area contributed by atoms with Crippen molar-refractivity contribution in [2.45, 2.75) is 31.2 Å². The molecule has 3 rings (SSSR count). The number of rotatable bonds is 6. The summed E-state index contributed by atoms with van der Waals surface area (Å²) >= 11 is 0. The van der Waals surface area contributed by atoms with E-state index in [9.17, 15) is 9.90 Å². The van der Waals surface area contributed by atoms with Crippen molar-refractivity contribution in [3.8, 4) is 0 Å². The standard InChI is InChI=1S/C16H18N2O3/c19-10-13(8-11-4-2-1-3-5-11)17-16(20)14-9-15(21-18-14)12-6-7-12/h1-5,9,12-13,19H,6-8,10H2,(H,17,20). The average molecular weight is 286 g/mol. The third kappa shape index (κ3) is 3.49. The Morgan fingerprint density at radius 2 is 2.14 bits per heavy atom. The summed E-state index contributed by atoms with van der Waals surface area (Å²) in [5.74, 6) is 0.904. The van der Waals surface area contributed by atoms with Gasteiger partial charge in [0.1, 0.15) is 5.76 Å². The van der Waals surface area contributed by atoms with Crippen molar-refractivity contribution in [1.29, 1.82) is 0 Å². The Bertz CT molecular complexity index is 605. The van der Waals surface area contributed by atoms with Gasteiger partial charge in [-0.3, -0.25) is 4.79 Å². The largest absolute Gasteiger partial charge is 0.394 e. The smallest absolute Gasteiger partial charge is 0.273 e. The maximum Gasteiger partial charge on any atom is 0.273 e. The fourth-order valence-corrected chi connectivity index (χ4v) is 2.28. The van der Waals surface area contributed by atoms with Gasteiger partial charge in [0, 0.05) is 12.0 Å². The summed E-state index contributed by atoms with van der Waals surface area (Å²) < 4.78 is 5.17. The molecule has 1 heterocycles. The van der Waals surface area contributed by atoms with Crippen LogP contribution in [0.1, 0.15) is 40.6 Å². The van der Waals surface area contributed by atoms with Crippen LogP contribution in [-0.2, 0) is 6.42 Å². The summed E-state index contributed by atoms with van der Waals surface area (Å²) in [5.41, 5.74) is 1.35. The molecule has 1 saturated carbocycles. The van der Waals surface area contributed by atoms with Gasteiger partial charge in [-0.25, -0.2) is 0 Å². The van der Waals surface area contributed by atoms with Gasteiger partial charge in [-0.2, -0.15) is 0 Å². The quantitative estimate of drug-likeness (QED) is 0.850. The molecule has 1 unspecified atom stereocenters. The number of hydrogen-bond acceptors (Lipinski definition) is 4. The second kappa shape index (κ2) is 6.10. The number of aliphatic hydroxyl groups is 1. The van der Waals surface area contributed by atoms with Gasteiger partial charge >= 0.3 is 0 Å². The SMILES string of the molecule is O=C(NC(CO)Cc1ccccc1)c1cc(C2CC2)on1. The molecule has 1 aliphatic carbocycles. The van der Waals surface area contributed by atoms with Gasteiger partial charge in [-0.05, 0) is 24.8 Å². The zero-order valence-electron chi connectivity index (χ0n) is 11.7. The van der Waals surface area contributed by atoms with Crippen LogP contribution in [0.2, 0.25) is 0 Å². The van der Waals surface area contributed by atoms with Crippen molar-refractivity contribution in [2.75, 3.05) is 6.61 Å². The highest BCUT2D eigenvalue weighted by Crippen LogP contribution is 2.40. The van der Waals surface area contributed by atoms with E-state index in [1.807, 2.05) is 30.3 Å². The van der Waals surface area contributed by atoms with E-state index in [-0.39, 0.29) is 24.2 Å². The van der Waals surface area contributed by atoms with Gasteiger partial charge in [0.25, 0.3) is 5.91 Å². The molecular formula is C16H18N2O3. The molecule has 1 aliphatic rings. The van der Waals surface area contributed by atoms with E-state index >= 15 is 0 Å². The number of hydrogen-bond donors (Lipinski definition) is 2. The van der Waals surface area contributed by atoms with Gasteiger partial charge in [0.2, 0.25) is 0 Å². The Morgan fingerprint density at radius 3 is 2.81 bits per heavy atom. The molecule has 1 aromatic heterocycles. The average Bonchev–Trinajstić information content (AvgIpc) is 3.24. The second-order valence-electron chi connectivity index (χ2n) is 5.43. The minimum absolute atomic E-state index is 0.117. The molecule has 0 aliphatic heterocycles. The van der Waals surface area contributed by atoms with E-state index in [1.54, 1.807) is 6.07 Å². The molecule has 1 aromatic carbocycles. The van der Waals surface area contributed by atoms with E-state index < -0.39 is 0 Å². The first-order valence-electron chi connectivity index (χ1n) is 7.18. The number of carbonyl (C=O) groups is 1. The van der Waals surface area contributed by atoms with Gasteiger partial charge < -0.3 is 14.9 Å². The Hall–Kier alpha value is -2.14. The Morgan fingerprint density at radius 1 is 1.38 bits per heavy atom. The molecule has 110 valence electrons. The molecule has 0 radical (unpaired) electrons. The van der Waals surface area contributed by atoms with Crippen molar-refractivity contribution in [3.05, 3.63) is 53.4 Å². The lowest BCUT2D eigenvalue weighted by atomic mass is 10.1. The molecule has 2 aromatic rings. The van der Waals surface area contributed by atoms with E-state index in [1.165, 1.54) is 0 Å². The summed E-state index contributed by atoms with van der Waals surface area (Å²) in [7, 11) is 0. The predicted octanol–water partition coefficient (Wildman–Crippen LogP) is 1.89. The van der Waals surface area contributed by atoms with Crippen LogP contribution >= 0.6 is 0 Å². The minimum Gasteiger partial charge on any atom is -0.394 e. The molecule has 5 heteroatoms. The molecule has 21 heavy (non-hydrogen) atoms. The first-order valence-corrected chi connectivity index (χ1v) is 7.18. The maximum atomic E-state index is 12.1. The summed E-state index contributed by atoms with van der Waals surface area (Å²) in [6.45, 7) is -0.117. The Kier molecular flexibility index (Phi) is 4.01. The van der Waals surface area contributed by atoms with Gasteiger partial charge in [-0.15, -0.1) is 0 Å². The first kappa shape index (κ1) is 13.8. The van der Waals surface area contributed by atoms with E-state index in [0.29, 0.717) is 12.3 Å². The van der Waals surface area contributed by atoms with Crippen LogP contribution < -0.4 is 5.32 Å². The number of amides is 1. The van der Waals surface area contributed by atoms with Crippen LogP contribution in [0.15, 0.2) is 40.9 Å². The summed E-state index contributed by atoms with van der Waals surface area (Å²) in [5, 5.41) is 16.0. The molecule has 1 atom stereocenters. The highest BCUT2D eigenvalue weighted by Gasteiger charge is 2.29. The number of nitrogens with one attached hydrogen (secondary N) is 1. The molecule has 0 bridgehead atoms. The monoisotopic (exact) mass is 286 g/mol. The zero-order chi connectivity index (χ0) is 14.7. The highest BCUT2D eigenvalue weighted by molar-refractivity contribution is 5.92. The molecular weight excluding hydrogens is 268 g/mol. The number of benzene rings is 1. The number of aliphatic hydroxyl groups excluding tert-OH is 1. The zero-order valence-corrected chi connectivity index (χ0v) is 11.7. The van der Waals surface area contributed by atoms with Crippen molar-refractivity contribution in [2.24, 2.45) is 0 Å². The highest BCUT2D eigenvalue weighted by atomic mass is 16.5. The normalized spacial score (nSPS) is 15.7. The second-order valence-corrected chi connectivity index (χ2v) is 5.43. The number of aromatic nitrogens is 1. The third-order valence-corrected chi connectivity index (χ3v) is 3.62. The van der Waals surface area contributed by atoms with Crippen molar-refractivity contribution in [1.82, 2.24) is 10.5 Å². The fraction of sp³-hybridized carbons (Fsp3) is 0.375. The number of nitrogens with zero attached hydrogens (tertiary/aromatic N) is 1. The van der Waals surface area contributed by atoms with E-state index in [0.717, 1.165) is 24.2 Å². The summed E-state index contributed by atoms with van der Waals surface area (Å²) in [4.78, 5) is 12.1. The first-order chi connectivity index (χ1) is 10.3. The van der Waals surface area contributed by atoms with Gasteiger partial charge in [-0.1, -0.05) is 35.5 Å². The molecule has 0 saturated heterocycles. The lowest BCUT2D eigenvalue weighted by molar-refractivity contribution is 0.0907. The molecule has 5 nitrogen and oxygen atoms in total. The fourth-order valence-electron chi connectivity index (χ4n) is 2.28. The van der Waals surface area contributed by atoms with Crippen LogP contribution in [0.25, 0.3) is 0 Å². The van der Waals surface area contributed by atoms with Crippen LogP contribution in [0.4, 0.5) is 0 Å². The van der Waals surface area contributed by atoms with Gasteiger partial charge in [0.15, 0.2) is 5.69 Å². The molecule has 0 spiro atoms. The number of carbonyl (C=O) groups excluding carboxylic acids is 1. The van der Waals surface area contributed by atoms with Crippen LogP contribution in [0, 0.1) is 0 Å². The van der Waals surface area contributed by atoms with Gasteiger partial charge in [0.05, 0.1) is 12.6 Å². The summed E-state index contributed by atoms with van der Waals surface area (Å²) in [6, 6.07) is 11.1. The third-order valence-electron chi connectivity index (χ3n) is 3.62. The lowest BCUT2D eigenvalue weighted by Crippen LogP contribution is -2.39. The molecule has 1 fully saturated rings. The Labute approximate surface area is 123 Å². The topological polar surface area (TPSA) is 75.4 Å². The minimum atomic E-state index is -0.332. The van der Waals surface area contributed by atoms with Crippen LogP contribution in [-0.4, -0.2) is 28.8 Å². The van der Waals surface area contributed by atoms with E-state index in [2.05, 4.69) is 10.5 Å². The predicted molar refractivity (Wildman–Crippen MR) is 77.0 cm³/mol. The Balaban J connectivity index is 1.61. The summed E-state index contributed by atoms with van der Waals surface area (Å²) in [6.07, 6.45) is 2.78. The van der Waals surface area contributed by atoms with Crippen molar-refractivity contribution >= 4 is 5.91 Å². The molecule has 1 amide bonds. The van der Waals surface area contributed by atoms with Crippen LogP contribution in [0.3, 0.4) is 0 Å². The maximum absolute atomic E-state index is 12.1.